The summed E-state index contributed by atoms with van der Waals surface area (Å²) in [5.41, 5.74) is 1.74. The topological polar surface area (TPSA) is 63.6 Å². The molecule has 0 aliphatic carbocycles. The van der Waals surface area contributed by atoms with E-state index < -0.39 is 12.6 Å². The summed E-state index contributed by atoms with van der Waals surface area (Å²) < 4.78 is 4.76. The van der Waals surface area contributed by atoms with Crippen LogP contribution in [-0.2, 0) is 9.53 Å². The third kappa shape index (κ3) is 4.30. The Kier molecular flexibility index (Phi) is 5.52. The fraction of sp³-hybridized carbons (Fsp3) is 0.429. The Bertz CT molecular complexity index is 408. The van der Waals surface area contributed by atoms with Crippen LogP contribution in [0.3, 0.4) is 0 Å². The number of carbonyl (C=O) groups is 2. The van der Waals surface area contributed by atoms with E-state index in [2.05, 4.69) is 13.8 Å². The maximum Gasteiger partial charge on any atom is 0.329 e. The van der Waals surface area contributed by atoms with Gasteiger partial charge >= 0.3 is 5.97 Å². The molecule has 1 aromatic rings. The van der Waals surface area contributed by atoms with Gasteiger partial charge in [-0.3, -0.25) is 4.79 Å². The summed E-state index contributed by atoms with van der Waals surface area (Å²) in [6.45, 7) is 3.60. The van der Waals surface area contributed by atoms with Crippen LogP contribution in [0, 0.1) is 0 Å². The molecule has 0 saturated heterocycles. The first kappa shape index (κ1) is 14.4. The predicted molar refractivity (Wildman–Crippen MR) is 67.9 cm³/mol. The average Bonchev–Trinajstić information content (AvgIpc) is 2.37. The number of hydrogen-bond acceptors (Lipinski definition) is 3. The normalized spacial score (nSPS) is 12.1. The summed E-state index contributed by atoms with van der Waals surface area (Å²) in [5.74, 6) is -0.806. The molecule has 0 fully saturated rings. The molecular weight excluding hydrogens is 232 g/mol. The molecule has 0 aliphatic rings. The second-order valence-electron chi connectivity index (χ2n) is 4.24. The summed E-state index contributed by atoms with van der Waals surface area (Å²) in [6, 6.07) is 7.37. The number of carboxylic acids is 1. The van der Waals surface area contributed by atoms with Crippen LogP contribution in [0.2, 0.25) is 0 Å². The van der Waals surface area contributed by atoms with E-state index >= 15 is 0 Å². The van der Waals surface area contributed by atoms with Gasteiger partial charge in [0.1, 0.15) is 13.2 Å². The minimum Gasteiger partial charge on any atom is -0.480 e. The molecule has 0 spiro atoms. The summed E-state index contributed by atoms with van der Waals surface area (Å²) >= 11 is 0. The first-order chi connectivity index (χ1) is 8.54. The SMILES string of the molecule is CCC(C)c1ccc(C(=O)COCC(=O)O)cc1. The molecule has 1 unspecified atom stereocenters. The molecule has 0 bridgehead atoms. The molecule has 0 aromatic heterocycles. The van der Waals surface area contributed by atoms with Gasteiger partial charge in [-0.1, -0.05) is 38.1 Å². The van der Waals surface area contributed by atoms with Gasteiger partial charge < -0.3 is 9.84 Å². The average molecular weight is 250 g/mol. The standard InChI is InChI=1S/C14H18O4/c1-3-10(2)11-4-6-12(7-5-11)13(15)8-18-9-14(16)17/h4-7,10H,3,8-9H2,1-2H3,(H,16,17). The quantitative estimate of drug-likeness (QED) is 0.755. The van der Waals surface area contributed by atoms with Crippen molar-refractivity contribution in [3.63, 3.8) is 0 Å². The molecule has 4 heteroatoms. The lowest BCUT2D eigenvalue weighted by Crippen LogP contribution is -2.14. The Balaban J connectivity index is 2.56. The van der Waals surface area contributed by atoms with Gasteiger partial charge in [0.2, 0.25) is 0 Å². The van der Waals surface area contributed by atoms with E-state index in [1.165, 1.54) is 5.56 Å². The van der Waals surface area contributed by atoms with Crippen molar-refractivity contribution in [1.29, 1.82) is 0 Å². The summed E-state index contributed by atoms with van der Waals surface area (Å²) in [6.07, 6.45) is 1.05. The second-order valence-corrected chi connectivity index (χ2v) is 4.24. The lowest BCUT2D eigenvalue weighted by atomic mass is 9.97. The van der Waals surface area contributed by atoms with E-state index in [0.29, 0.717) is 11.5 Å². The number of aliphatic carboxylic acids is 1. The van der Waals surface area contributed by atoms with E-state index in [4.69, 9.17) is 9.84 Å². The van der Waals surface area contributed by atoms with Crippen molar-refractivity contribution in [3.05, 3.63) is 35.4 Å². The molecule has 0 aliphatic heterocycles. The summed E-state index contributed by atoms with van der Waals surface area (Å²) in [4.78, 5) is 21.9. The monoisotopic (exact) mass is 250 g/mol. The van der Waals surface area contributed by atoms with Gasteiger partial charge in [0.15, 0.2) is 5.78 Å². The minimum absolute atomic E-state index is 0.199. The van der Waals surface area contributed by atoms with Crippen LogP contribution >= 0.6 is 0 Å². The Labute approximate surface area is 107 Å². The van der Waals surface area contributed by atoms with Crippen LogP contribution < -0.4 is 0 Å². The molecular formula is C14H18O4. The van der Waals surface area contributed by atoms with E-state index in [0.717, 1.165) is 6.42 Å². The van der Waals surface area contributed by atoms with Gasteiger partial charge in [-0.15, -0.1) is 0 Å². The molecule has 0 amide bonds. The van der Waals surface area contributed by atoms with Gasteiger partial charge in [-0.25, -0.2) is 4.79 Å². The number of rotatable bonds is 7. The Morgan fingerprint density at radius 1 is 1.22 bits per heavy atom. The van der Waals surface area contributed by atoms with Gasteiger partial charge in [0.05, 0.1) is 0 Å². The largest absolute Gasteiger partial charge is 0.480 e. The number of ketones is 1. The summed E-state index contributed by atoms with van der Waals surface area (Å²) in [5, 5.41) is 8.39. The van der Waals surface area contributed by atoms with E-state index in [-0.39, 0.29) is 12.4 Å². The van der Waals surface area contributed by atoms with Gasteiger partial charge in [0.25, 0.3) is 0 Å². The highest BCUT2D eigenvalue weighted by Gasteiger charge is 2.08. The highest BCUT2D eigenvalue weighted by Crippen LogP contribution is 2.18. The zero-order valence-corrected chi connectivity index (χ0v) is 10.7. The third-order valence-electron chi connectivity index (χ3n) is 2.87. The number of carbonyl (C=O) groups excluding carboxylic acids is 1. The number of ether oxygens (including phenoxy) is 1. The van der Waals surface area contributed by atoms with Crippen LogP contribution in [-0.4, -0.2) is 30.1 Å². The van der Waals surface area contributed by atoms with Crippen molar-refractivity contribution in [1.82, 2.24) is 0 Å². The van der Waals surface area contributed by atoms with Crippen molar-refractivity contribution < 1.29 is 19.4 Å². The molecule has 98 valence electrons. The lowest BCUT2D eigenvalue weighted by molar-refractivity contribution is -0.141. The van der Waals surface area contributed by atoms with Gasteiger partial charge in [0, 0.05) is 5.56 Å². The molecule has 0 heterocycles. The summed E-state index contributed by atoms with van der Waals surface area (Å²) in [7, 11) is 0. The van der Waals surface area contributed by atoms with Crippen molar-refractivity contribution in [2.24, 2.45) is 0 Å². The van der Waals surface area contributed by atoms with E-state index in [9.17, 15) is 9.59 Å². The number of carboxylic acid groups (broad SMARTS) is 1. The zero-order chi connectivity index (χ0) is 13.5. The van der Waals surface area contributed by atoms with Gasteiger partial charge in [-0.05, 0) is 17.9 Å². The lowest BCUT2D eigenvalue weighted by Gasteiger charge is -2.09. The molecule has 4 nitrogen and oxygen atoms in total. The first-order valence-electron chi connectivity index (χ1n) is 5.97. The number of hydrogen-bond donors (Lipinski definition) is 1. The molecule has 0 saturated carbocycles. The Hall–Kier alpha value is -1.68. The highest BCUT2D eigenvalue weighted by atomic mass is 16.5. The maximum atomic E-state index is 11.7. The smallest absolute Gasteiger partial charge is 0.329 e. The Morgan fingerprint density at radius 3 is 2.33 bits per heavy atom. The number of Topliss-reactive ketones (excluding diaryl/α,β-unsaturated/α-hetero) is 1. The van der Waals surface area contributed by atoms with E-state index in [1.54, 1.807) is 12.1 Å². The first-order valence-corrected chi connectivity index (χ1v) is 5.97. The Morgan fingerprint density at radius 2 is 1.83 bits per heavy atom. The molecule has 0 radical (unpaired) electrons. The predicted octanol–water partition coefficient (Wildman–Crippen LogP) is 2.48. The van der Waals surface area contributed by atoms with Crippen molar-refractivity contribution in [2.75, 3.05) is 13.2 Å². The van der Waals surface area contributed by atoms with Gasteiger partial charge in [-0.2, -0.15) is 0 Å². The maximum absolute atomic E-state index is 11.7. The fourth-order valence-electron chi connectivity index (χ4n) is 1.55. The van der Waals surface area contributed by atoms with E-state index in [1.807, 2.05) is 12.1 Å². The van der Waals surface area contributed by atoms with Crippen LogP contribution in [0.5, 0.6) is 0 Å². The van der Waals surface area contributed by atoms with Crippen LogP contribution in [0.25, 0.3) is 0 Å². The number of benzene rings is 1. The van der Waals surface area contributed by atoms with Crippen molar-refractivity contribution in [2.45, 2.75) is 26.2 Å². The second kappa shape index (κ2) is 6.91. The highest BCUT2D eigenvalue weighted by molar-refractivity contribution is 5.97. The van der Waals surface area contributed by atoms with Crippen molar-refractivity contribution >= 4 is 11.8 Å². The molecule has 1 rings (SSSR count). The van der Waals surface area contributed by atoms with Crippen LogP contribution in [0.4, 0.5) is 0 Å². The molecule has 18 heavy (non-hydrogen) atoms. The zero-order valence-electron chi connectivity index (χ0n) is 10.7. The fourth-order valence-corrected chi connectivity index (χ4v) is 1.55. The van der Waals surface area contributed by atoms with Crippen LogP contribution in [0.15, 0.2) is 24.3 Å². The minimum atomic E-state index is -1.07. The van der Waals surface area contributed by atoms with Crippen molar-refractivity contribution in [3.8, 4) is 0 Å². The molecule has 1 aromatic carbocycles. The molecule has 1 N–H and O–H groups in total. The van der Waals surface area contributed by atoms with Crippen LogP contribution in [0.1, 0.15) is 42.1 Å². The molecule has 1 atom stereocenters. The third-order valence-corrected chi connectivity index (χ3v) is 2.87.